The highest BCUT2D eigenvalue weighted by Gasteiger charge is 2.66. The number of aromatic nitrogens is 2. The molecule has 1 aliphatic heterocycles. The minimum Gasteiger partial charge on any atom is -0.354 e. The average Bonchev–Trinajstić information content (AvgIpc) is 2.89. The molecule has 0 radical (unpaired) electrons. The third-order valence-corrected chi connectivity index (χ3v) is 8.73. The van der Waals surface area contributed by atoms with Gasteiger partial charge in [0.1, 0.15) is 11.6 Å². The van der Waals surface area contributed by atoms with E-state index in [1.54, 1.807) is 11.8 Å². The maximum absolute atomic E-state index is 13.0. The highest BCUT2D eigenvalue weighted by molar-refractivity contribution is 8.00. The van der Waals surface area contributed by atoms with Crippen molar-refractivity contribution in [3.8, 4) is 0 Å². The molecule has 0 spiro atoms. The number of thioether (sulfide) groups is 1. The van der Waals surface area contributed by atoms with Crippen molar-refractivity contribution in [2.24, 2.45) is 16.7 Å². The van der Waals surface area contributed by atoms with Gasteiger partial charge >= 0.3 is 0 Å². The number of ketones is 1. The smallest absolute Gasteiger partial charge is 0.190 e. The van der Waals surface area contributed by atoms with Crippen molar-refractivity contribution >= 4 is 23.4 Å². The molecule has 2 aliphatic carbocycles. The van der Waals surface area contributed by atoms with Crippen LogP contribution >= 0.6 is 11.8 Å². The molecule has 6 heteroatoms. The second kappa shape index (κ2) is 6.20. The second-order valence-electron chi connectivity index (χ2n) is 9.07. The second-order valence-corrected chi connectivity index (χ2v) is 10.1. The van der Waals surface area contributed by atoms with Gasteiger partial charge < -0.3 is 9.80 Å². The molecule has 3 aliphatic rings. The largest absolute Gasteiger partial charge is 0.354 e. The summed E-state index contributed by atoms with van der Waals surface area (Å²) in [5, 5.41) is 0.750. The van der Waals surface area contributed by atoms with Crippen molar-refractivity contribution < 1.29 is 4.79 Å². The number of Topliss-reactive ketones (excluding diaryl/α,β-unsaturated/α-hetero) is 1. The molecule has 0 N–H and O–H groups in total. The number of rotatable bonds is 3. The molecule has 2 saturated carbocycles. The van der Waals surface area contributed by atoms with Crippen LogP contribution in [0.15, 0.2) is 11.2 Å². The van der Waals surface area contributed by atoms with Gasteiger partial charge in [-0.05, 0) is 37.6 Å². The molecule has 0 amide bonds. The van der Waals surface area contributed by atoms with E-state index < -0.39 is 0 Å². The minimum atomic E-state index is -0.0154. The van der Waals surface area contributed by atoms with Crippen molar-refractivity contribution in [1.29, 1.82) is 0 Å². The average molecular weight is 375 g/mol. The first kappa shape index (κ1) is 18.2. The van der Waals surface area contributed by atoms with Crippen LogP contribution in [0.1, 0.15) is 39.3 Å². The third-order valence-electron chi connectivity index (χ3n) is 7.35. The van der Waals surface area contributed by atoms with E-state index >= 15 is 0 Å². The van der Waals surface area contributed by atoms with Crippen molar-refractivity contribution in [2.45, 2.75) is 50.9 Å². The molecule has 0 aromatic carbocycles. The predicted molar refractivity (Wildman–Crippen MR) is 106 cm³/mol. The number of nitrogens with zero attached hydrogens (tertiary/aromatic N) is 4. The van der Waals surface area contributed by atoms with Crippen LogP contribution in [0.4, 0.5) is 5.82 Å². The summed E-state index contributed by atoms with van der Waals surface area (Å²) in [6, 6.07) is 2.07. The normalized spacial score (nSPS) is 33.9. The first-order valence-corrected chi connectivity index (χ1v) is 10.6. The summed E-state index contributed by atoms with van der Waals surface area (Å²) in [5.74, 6) is 1.63. The van der Waals surface area contributed by atoms with Crippen molar-refractivity contribution in [3.05, 3.63) is 11.8 Å². The number of likely N-dealkylation sites (N-methyl/N-ethyl adjacent to an activating group) is 1. The fourth-order valence-corrected chi connectivity index (χ4v) is 6.57. The van der Waals surface area contributed by atoms with E-state index in [-0.39, 0.29) is 22.0 Å². The van der Waals surface area contributed by atoms with Crippen LogP contribution in [0.3, 0.4) is 0 Å². The number of carbonyl (C=O) groups is 1. The van der Waals surface area contributed by atoms with E-state index in [4.69, 9.17) is 4.98 Å². The number of anilines is 1. The first-order valence-electron chi connectivity index (χ1n) is 9.72. The Labute approximate surface area is 160 Å². The molecule has 1 aromatic heterocycles. The van der Waals surface area contributed by atoms with E-state index in [1.165, 1.54) is 0 Å². The maximum atomic E-state index is 13.0. The van der Waals surface area contributed by atoms with Gasteiger partial charge in [0.05, 0.1) is 5.25 Å². The van der Waals surface area contributed by atoms with E-state index in [0.29, 0.717) is 5.78 Å². The van der Waals surface area contributed by atoms with Gasteiger partial charge in [-0.3, -0.25) is 4.79 Å². The zero-order valence-electron chi connectivity index (χ0n) is 16.6. The molecule has 3 fully saturated rings. The fraction of sp³-hybridized carbons (Fsp3) is 0.750. The number of hydrogen-bond acceptors (Lipinski definition) is 6. The number of hydrogen-bond donors (Lipinski definition) is 0. The molecule has 4 rings (SSSR count). The molecule has 2 bridgehead atoms. The Morgan fingerprint density at radius 3 is 2.46 bits per heavy atom. The topological polar surface area (TPSA) is 49.3 Å². The number of piperazine rings is 1. The van der Waals surface area contributed by atoms with Gasteiger partial charge in [-0.25, -0.2) is 9.97 Å². The summed E-state index contributed by atoms with van der Waals surface area (Å²) in [4.78, 5) is 27.2. The maximum Gasteiger partial charge on any atom is 0.190 e. The highest BCUT2D eigenvalue weighted by Crippen LogP contribution is 2.67. The lowest BCUT2D eigenvalue weighted by Crippen LogP contribution is -2.45. The lowest BCUT2D eigenvalue weighted by atomic mass is 9.71. The Morgan fingerprint density at radius 1 is 1.15 bits per heavy atom. The van der Waals surface area contributed by atoms with Crippen LogP contribution in [0.25, 0.3) is 0 Å². The van der Waals surface area contributed by atoms with Crippen LogP contribution in [0, 0.1) is 23.7 Å². The standard InChI is InChI=1S/C20H30N4OS/c1-13-12-15(24-10-8-23(5)9-11-24)22-18(21-13)26-17-16(25)14-6-7-20(17,4)19(14,2)3/h12,14,17H,6-11H2,1-5H3/t14-,17+,20-/m0/s1. The van der Waals surface area contributed by atoms with Crippen molar-refractivity contribution in [3.63, 3.8) is 0 Å². The Balaban J connectivity index is 1.58. The number of fused-ring (bicyclic) bond motifs is 2. The highest BCUT2D eigenvalue weighted by atomic mass is 32.2. The summed E-state index contributed by atoms with van der Waals surface area (Å²) in [5.41, 5.74) is 1.10. The fourth-order valence-electron chi connectivity index (χ4n) is 5.06. The third kappa shape index (κ3) is 2.68. The van der Waals surface area contributed by atoms with Crippen LogP contribution in [0.2, 0.25) is 0 Å². The number of aryl methyl sites for hydroxylation is 1. The summed E-state index contributed by atoms with van der Waals surface area (Å²) in [7, 11) is 2.16. The van der Waals surface area contributed by atoms with Crippen LogP contribution in [0.5, 0.6) is 0 Å². The summed E-state index contributed by atoms with van der Waals surface area (Å²) in [6.07, 6.45) is 2.17. The SMILES string of the molecule is Cc1cc(N2CCN(C)CC2)nc(S[C@@H]2C(=O)[C@@H]3CC[C@]2(C)C3(C)C)n1. The van der Waals surface area contributed by atoms with E-state index in [2.05, 4.69) is 48.7 Å². The van der Waals surface area contributed by atoms with Gasteiger partial charge in [0.2, 0.25) is 0 Å². The molecule has 1 aromatic rings. The molecular weight excluding hydrogens is 344 g/mol. The Hall–Kier alpha value is -1.14. The van der Waals surface area contributed by atoms with Gasteiger partial charge in [-0.15, -0.1) is 0 Å². The minimum absolute atomic E-state index is 0.0154. The lowest BCUT2D eigenvalue weighted by molar-refractivity contribution is -0.122. The monoisotopic (exact) mass is 374 g/mol. The molecule has 2 heterocycles. The van der Waals surface area contributed by atoms with Crippen LogP contribution < -0.4 is 4.90 Å². The summed E-state index contributed by atoms with van der Waals surface area (Å²) in [6.45, 7) is 13.0. The molecule has 142 valence electrons. The van der Waals surface area contributed by atoms with Gasteiger partial charge in [-0.2, -0.15) is 0 Å². The van der Waals surface area contributed by atoms with Gasteiger partial charge in [-0.1, -0.05) is 32.5 Å². The van der Waals surface area contributed by atoms with Crippen molar-refractivity contribution in [2.75, 3.05) is 38.1 Å². The molecule has 5 nitrogen and oxygen atoms in total. The molecule has 26 heavy (non-hydrogen) atoms. The van der Waals surface area contributed by atoms with E-state index in [9.17, 15) is 4.79 Å². The molecule has 1 saturated heterocycles. The quantitative estimate of drug-likeness (QED) is 0.758. The van der Waals surface area contributed by atoms with E-state index in [1.807, 2.05) is 6.92 Å². The molecule has 0 unspecified atom stereocenters. The Bertz CT molecular complexity index is 729. The molecule has 3 atom stereocenters. The van der Waals surface area contributed by atoms with Gasteiger partial charge in [0.25, 0.3) is 0 Å². The summed E-state index contributed by atoms with van der Waals surface area (Å²) >= 11 is 1.61. The Morgan fingerprint density at radius 2 is 1.85 bits per heavy atom. The summed E-state index contributed by atoms with van der Waals surface area (Å²) < 4.78 is 0. The predicted octanol–water partition coefficient (Wildman–Crippen LogP) is 3.02. The molecular formula is C20H30N4OS. The van der Waals surface area contributed by atoms with Crippen LogP contribution in [-0.4, -0.2) is 59.1 Å². The van der Waals surface area contributed by atoms with Crippen molar-refractivity contribution in [1.82, 2.24) is 14.9 Å². The van der Waals surface area contributed by atoms with Gasteiger partial charge in [0, 0.05) is 43.9 Å². The zero-order valence-corrected chi connectivity index (χ0v) is 17.4. The number of carbonyl (C=O) groups excluding carboxylic acids is 1. The Kier molecular flexibility index (Phi) is 4.35. The lowest BCUT2D eigenvalue weighted by Gasteiger charge is -2.37. The van der Waals surface area contributed by atoms with Crippen LogP contribution in [-0.2, 0) is 4.79 Å². The van der Waals surface area contributed by atoms with E-state index in [0.717, 1.165) is 55.7 Å². The zero-order chi connectivity index (χ0) is 18.7. The van der Waals surface area contributed by atoms with Gasteiger partial charge in [0.15, 0.2) is 5.16 Å². The first-order chi connectivity index (χ1) is 12.2.